The average Bonchev–Trinajstić information content (AvgIpc) is 3.16. The molecule has 0 aliphatic rings. The molecule has 0 bridgehead atoms. The number of hydrogen-bond acceptors (Lipinski definition) is 8. The molecule has 0 aliphatic carbocycles. The maximum absolute atomic E-state index is 5.62. The molecular formula is C14H18N10. The zero-order valence-corrected chi connectivity index (χ0v) is 13.7. The summed E-state index contributed by atoms with van der Waals surface area (Å²) in [5, 5.41) is 11.1. The van der Waals surface area contributed by atoms with Gasteiger partial charge in [-0.1, -0.05) is 0 Å². The number of aryl methyl sites for hydroxylation is 2. The molecule has 10 heteroatoms. The summed E-state index contributed by atoms with van der Waals surface area (Å²) in [4.78, 5) is 16.3. The Labute approximate surface area is 137 Å². The Balaban J connectivity index is 0.000000143. The second-order valence-electron chi connectivity index (χ2n) is 5.08. The molecule has 124 valence electrons. The molecule has 0 saturated heterocycles. The highest BCUT2D eigenvalue weighted by Crippen LogP contribution is 2.09. The van der Waals surface area contributed by atoms with Crippen molar-refractivity contribution in [2.45, 2.75) is 20.8 Å². The van der Waals surface area contributed by atoms with Crippen LogP contribution in [-0.2, 0) is 0 Å². The van der Waals surface area contributed by atoms with Gasteiger partial charge in [-0.15, -0.1) is 0 Å². The van der Waals surface area contributed by atoms with E-state index in [4.69, 9.17) is 5.73 Å². The van der Waals surface area contributed by atoms with Crippen LogP contribution in [0.15, 0.2) is 24.8 Å². The van der Waals surface area contributed by atoms with Gasteiger partial charge >= 0.3 is 0 Å². The molecule has 4 aromatic heterocycles. The Hall–Kier alpha value is -3.30. The highest BCUT2D eigenvalue weighted by Gasteiger charge is 2.03. The van der Waals surface area contributed by atoms with Gasteiger partial charge in [0.1, 0.15) is 24.3 Å². The lowest BCUT2D eigenvalue weighted by Gasteiger charge is -2.05. The van der Waals surface area contributed by atoms with E-state index in [1.165, 1.54) is 17.2 Å². The van der Waals surface area contributed by atoms with Gasteiger partial charge < -0.3 is 11.1 Å². The van der Waals surface area contributed by atoms with Crippen LogP contribution in [0, 0.1) is 13.8 Å². The standard InChI is InChI=1S/C8H11N5.C6H7N5/c1-3-9-7-4-6(2)12-8-10-5-11-13(7)8;1-4-2-5(7)11-6(10-4)8-3-9-11/h4-5,9H,3H2,1-2H3;2-3H,7H2,1H3. The lowest BCUT2D eigenvalue weighted by Crippen LogP contribution is -2.05. The van der Waals surface area contributed by atoms with Crippen LogP contribution in [0.5, 0.6) is 0 Å². The number of nitrogens with one attached hydrogen (secondary N) is 1. The van der Waals surface area contributed by atoms with Crippen LogP contribution < -0.4 is 11.1 Å². The van der Waals surface area contributed by atoms with E-state index in [-0.39, 0.29) is 0 Å². The summed E-state index contributed by atoms with van der Waals surface area (Å²) in [7, 11) is 0. The Morgan fingerprint density at radius 2 is 1.54 bits per heavy atom. The van der Waals surface area contributed by atoms with Crippen molar-refractivity contribution in [1.29, 1.82) is 0 Å². The van der Waals surface area contributed by atoms with Crippen molar-refractivity contribution in [2.24, 2.45) is 0 Å². The van der Waals surface area contributed by atoms with Crippen molar-refractivity contribution < 1.29 is 0 Å². The minimum absolute atomic E-state index is 0.544. The largest absolute Gasteiger partial charge is 0.383 e. The SMILES string of the molecule is CCNc1cc(C)nc2ncnn12.Cc1cc(N)n2ncnc2n1. The number of nitrogens with zero attached hydrogens (tertiary/aromatic N) is 8. The Bertz CT molecular complexity index is 970. The maximum atomic E-state index is 5.62. The van der Waals surface area contributed by atoms with Crippen molar-refractivity contribution in [3.05, 3.63) is 36.2 Å². The molecular weight excluding hydrogens is 308 g/mol. The van der Waals surface area contributed by atoms with E-state index in [1.54, 1.807) is 10.6 Å². The Morgan fingerprint density at radius 1 is 0.958 bits per heavy atom. The van der Waals surface area contributed by atoms with Crippen LogP contribution in [-0.4, -0.2) is 45.7 Å². The molecule has 10 nitrogen and oxygen atoms in total. The van der Waals surface area contributed by atoms with E-state index in [9.17, 15) is 0 Å². The van der Waals surface area contributed by atoms with Crippen molar-refractivity contribution >= 4 is 23.2 Å². The fourth-order valence-electron chi connectivity index (χ4n) is 2.20. The summed E-state index contributed by atoms with van der Waals surface area (Å²) < 4.78 is 3.18. The average molecular weight is 326 g/mol. The summed E-state index contributed by atoms with van der Waals surface area (Å²) in [5.74, 6) is 2.67. The van der Waals surface area contributed by atoms with Crippen molar-refractivity contribution in [3.8, 4) is 0 Å². The molecule has 4 heterocycles. The van der Waals surface area contributed by atoms with E-state index in [2.05, 4.69) is 35.5 Å². The van der Waals surface area contributed by atoms with Crippen molar-refractivity contribution in [1.82, 2.24) is 39.2 Å². The Morgan fingerprint density at radius 3 is 2.21 bits per heavy atom. The molecule has 0 radical (unpaired) electrons. The molecule has 24 heavy (non-hydrogen) atoms. The minimum atomic E-state index is 0.544. The molecule has 0 aliphatic heterocycles. The molecule has 0 unspecified atom stereocenters. The van der Waals surface area contributed by atoms with E-state index >= 15 is 0 Å². The fraction of sp³-hybridized carbons (Fsp3) is 0.286. The number of aromatic nitrogens is 8. The number of nitrogen functional groups attached to an aromatic ring is 1. The molecule has 0 fully saturated rings. The van der Waals surface area contributed by atoms with Gasteiger partial charge in [-0.05, 0) is 20.8 Å². The van der Waals surface area contributed by atoms with Crippen LogP contribution in [0.4, 0.5) is 11.6 Å². The summed E-state index contributed by atoms with van der Waals surface area (Å²) in [6, 6.07) is 3.70. The normalized spacial score (nSPS) is 10.6. The van der Waals surface area contributed by atoms with E-state index in [0.717, 1.165) is 23.8 Å². The molecule has 4 rings (SSSR count). The molecule has 0 saturated carbocycles. The smallest absolute Gasteiger partial charge is 0.254 e. The van der Waals surface area contributed by atoms with E-state index in [0.29, 0.717) is 17.4 Å². The second-order valence-corrected chi connectivity index (χ2v) is 5.08. The van der Waals surface area contributed by atoms with Crippen molar-refractivity contribution in [2.75, 3.05) is 17.6 Å². The predicted octanol–water partition coefficient (Wildman–Crippen LogP) is 0.879. The van der Waals surface area contributed by atoms with E-state index in [1.807, 2.05) is 26.8 Å². The van der Waals surface area contributed by atoms with Gasteiger partial charge in [0, 0.05) is 30.1 Å². The van der Waals surface area contributed by atoms with Gasteiger partial charge in [0.15, 0.2) is 0 Å². The zero-order chi connectivity index (χ0) is 17.1. The van der Waals surface area contributed by atoms with Gasteiger partial charge in [0.25, 0.3) is 11.6 Å². The quantitative estimate of drug-likeness (QED) is 0.556. The summed E-state index contributed by atoms with van der Waals surface area (Å²) in [6.07, 6.45) is 2.93. The zero-order valence-electron chi connectivity index (χ0n) is 13.7. The van der Waals surface area contributed by atoms with Gasteiger partial charge in [0.05, 0.1) is 0 Å². The van der Waals surface area contributed by atoms with Gasteiger partial charge in [-0.3, -0.25) is 0 Å². The highest BCUT2D eigenvalue weighted by molar-refractivity contribution is 5.44. The van der Waals surface area contributed by atoms with Gasteiger partial charge in [-0.2, -0.15) is 29.2 Å². The molecule has 4 aromatic rings. The van der Waals surface area contributed by atoms with Crippen LogP contribution >= 0.6 is 0 Å². The number of nitrogens with two attached hydrogens (primary N) is 1. The Kier molecular flexibility index (Phi) is 4.18. The number of rotatable bonds is 2. The lowest BCUT2D eigenvalue weighted by molar-refractivity contribution is 0.922. The summed E-state index contributed by atoms with van der Waals surface area (Å²) in [6.45, 7) is 6.71. The van der Waals surface area contributed by atoms with Gasteiger partial charge in [-0.25, -0.2) is 9.97 Å². The molecule has 0 amide bonds. The third-order valence-electron chi connectivity index (χ3n) is 3.15. The molecule has 0 aromatic carbocycles. The third kappa shape index (κ3) is 3.07. The summed E-state index contributed by atoms with van der Waals surface area (Å²) in [5.41, 5.74) is 7.41. The number of anilines is 2. The van der Waals surface area contributed by atoms with E-state index < -0.39 is 0 Å². The maximum Gasteiger partial charge on any atom is 0.254 e. The first-order chi connectivity index (χ1) is 11.6. The van der Waals surface area contributed by atoms with Crippen molar-refractivity contribution in [3.63, 3.8) is 0 Å². The minimum Gasteiger partial charge on any atom is -0.383 e. The highest BCUT2D eigenvalue weighted by atomic mass is 15.4. The fourth-order valence-corrected chi connectivity index (χ4v) is 2.20. The molecule has 0 atom stereocenters. The first-order valence-corrected chi connectivity index (χ1v) is 7.42. The van der Waals surface area contributed by atoms with Gasteiger partial charge in [0.2, 0.25) is 0 Å². The lowest BCUT2D eigenvalue weighted by atomic mass is 10.4. The monoisotopic (exact) mass is 326 g/mol. The van der Waals surface area contributed by atoms with Crippen LogP contribution in [0.1, 0.15) is 18.3 Å². The molecule has 3 N–H and O–H groups in total. The topological polar surface area (TPSA) is 124 Å². The number of fused-ring (bicyclic) bond motifs is 2. The van der Waals surface area contributed by atoms with Crippen LogP contribution in [0.25, 0.3) is 11.6 Å². The first kappa shape index (κ1) is 15.6. The second kappa shape index (κ2) is 6.44. The predicted molar refractivity (Wildman–Crippen MR) is 89.6 cm³/mol. The summed E-state index contributed by atoms with van der Waals surface area (Å²) >= 11 is 0. The van der Waals surface area contributed by atoms with Crippen LogP contribution in [0.3, 0.4) is 0 Å². The third-order valence-corrected chi connectivity index (χ3v) is 3.15. The molecule has 0 spiro atoms. The first-order valence-electron chi connectivity index (χ1n) is 7.42. The number of hydrogen-bond donors (Lipinski definition) is 2. The van der Waals surface area contributed by atoms with Crippen LogP contribution in [0.2, 0.25) is 0 Å².